The molecule has 1 atom stereocenters. The first kappa shape index (κ1) is 16.2. The zero-order chi connectivity index (χ0) is 16.1. The Labute approximate surface area is 128 Å². The van der Waals surface area contributed by atoms with Gasteiger partial charge in [-0.3, -0.25) is 9.59 Å². The van der Waals surface area contributed by atoms with Crippen molar-refractivity contribution in [2.75, 3.05) is 37.6 Å². The molecule has 1 unspecified atom stereocenters. The van der Waals surface area contributed by atoms with Crippen LogP contribution in [0.15, 0.2) is 24.3 Å². The number of aliphatic hydroxyl groups excluding tert-OH is 1. The highest BCUT2D eigenvalue weighted by Gasteiger charge is 2.26. The summed E-state index contributed by atoms with van der Waals surface area (Å²) in [7, 11) is 0. The third-order valence-corrected chi connectivity index (χ3v) is 3.51. The van der Waals surface area contributed by atoms with E-state index >= 15 is 0 Å². The first-order valence-electron chi connectivity index (χ1n) is 7.23. The Bertz CT molecular complexity index is 525. The predicted octanol–water partition coefficient (Wildman–Crippen LogP) is -0.0287. The van der Waals surface area contributed by atoms with Crippen LogP contribution < -0.4 is 10.2 Å². The summed E-state index contributed by atoms with van der Waals surface area (Å²) in [5.41, 5.74) is 0.895. The topological polar surface area (TPSA) is 72.9 Å². The van der Waals surface area contributed by atoms with Crippen LogP contribution in [-0.4, -0.2) is 60.6 Å². The van der Waals surface area contributed by atoms with Crippen LogP contribution in [0.25, 0.3) is 0 Å². The van der Waals surface area contributed by atoms with Crippen molar-refractivity contribution >= 4 is 17.5 Å². The summed E-state index contributed by atoms with van der Waals surface area (Å²) in [6.07, 6.45) is -0.688. The number of halogens is 1. The first-order valence-corrected chi connectivity index (χ1v) is 7.23. The molecule has 1 aromatic carbocycles. The maximum atomic E-state index is 12.9. The molecule has 2 N–H and O–H groups in total. The third-order valence-electron chi connectivity index (χ3n) is 3.51. The van der Waals surface area contributed by atoms with Gasteiger partial charge in [-0.2, -0.15) is 0 Å². The predicted molar refractivity (Wildman–Crippen MR) is 79.9 cm³/mol. The second-order valence-electron chi connectivity index (χ2n) is 5.31. The Hall–Kier alpha value is -2.15. The highest BCUT2D eigenvalue weighted by Crippen LogP contribution is 2.16. The lowest BCUT2D eigenvalue weighted by Crippen LogP contribution is -2.53. The fraction of sp³-hybridized carbons (Fsp3) is 0.467. The van der Waals surface area contributed by atoms with E-state index in [-0.39, 0.29) is 12.4 Å². The zero-order valence-corrected chi connectivity index (χ0v) is 12.5. The van der Waals surface area contributed by atoms with Crippen LogP contribution in [0.2, 0.25) is 0 Å². The van der Waals surface area contributed by atoms with Crippen LogP contribution in [0.5, 0.6) is 0 Å². The fourth-order valence-electron chi connectivity index (χ4n) is 2.28. The minimum Gasteiger partial charge on any atom is -0.392 e. The standard InChI is InChI=1S/C15H20FN3O3/c1-11(20)10-17-14(21)15(22)19-8-6-18(7-9-19)13-4-2-12(16)3-5-13/h2-5,11,20H,6-10H2,1H3,(H,17,21). The number of piperazine rings is 1. The first-order chi connectivity index (χ1) is 10.5. The SMILES string of the molecule is CC(O)CNC(=O)C(=O)N1CCN(c2ccc(F)cc2)CC1. The molecule has 0 bridgehead atoms. The zero-order valence-electron chi connectivity index (χ0n) is 12.5. The van der Waals surface area contributed by atoms with Crippen LogP contribution in [0.3, 0.4) is 0 Å². The van der Waals surface area contributed by atoms with Crippen molar-refractivity contribution in [2.24, 2.45) is 0 Å². The summed E-state index contributed by atoms with van der Waals surface area (Å²) >= 11 is 0. The van der Waals surface area contributed by atoms with Gasteiger partial charge < -0.3 is 20.2 Å². The Balaban J connectivity index is 1.85. The van der Waals surface area contributed by atoms with Gasteiger partial charge in [0.1, 0.15) is 5.82 Å². The van der Waals surface area contributed by atoms with Crippen LogP contribution >= 0.6 is 0 Å². The summed E-state index contributed by atoms with van der Waals surface area (Å²) in [5, 5.41) is 11.5. The van der Waals surface area contributed by atoms with Gasteiger partial charge in [-0.05, 0) is 31.2 Å². The van der Waals surface area contributed by atoms with Gasteiger partial charge in [-0.1, -0.05) is 0 Å². The van der Waals surface area contributed by atoms with E-state index in [1.54, 1.807) is 12.1 Å². The lowest BCUT2D eigenvalue weighted by molar-refractivity contribution is -0.146. The van der Waals surface area contributed by atoms with E-state index < -0.39 is 17.9 Å². The van der Waals surface area contributed by atoms with E-state index in [0.717, 1.165) is 5.69 Å². The highest BCUT2D eigenvalue weighted by molar-refractivity contribution is 6.35. The molecule has 0 aliphatic carbocycles. The largest absolute Gasteiger partial charge is 0.392 e. The number of carbonyl (C=O) groups excluding carboxylic acids is 2. The van der Waals surface area contributed by atoms with Crippen LogP contribution in [-0.2, 0) is 9.59 Å². The van der Waals surface area contributed by atoms with Gasteiger partial charge >= 0.3 is 11.8 Å². The van der Waals surface area contributed by atoms with Crippen molar-refractivity contribution in [1.82, 2.24) is 10.2 Å². The number of benzene rings is 1. The van der Waals surface area contributed by atoms with Crippen LogP contribution in [0, 0.1) is 5.82 Å². The van der Waals surface area contributed by atoms with E-state index in [4.69, 9.17) is 5.11 Å². The van der Waals surface area contributed by atoms with Gasteiger partial charge in [-0.25, -0.2) is 4.39 Å². The molecular formula is C15H20FN3O3. The van der Waals surface area contributed by atoms with Gasteiger partial charge in [0.15, 0.2) is 0 Å². The second kappa shape index (κ2) is 7.22. The lowest BCUT2D eigenvalue weighted by atomic mass is 10.2. The van der Waals surface area contributed by atoms with Crippen molar-refractivity contribution < 1.29 is 19.1 Å². The second-order valence-corrected chi connectivity index (χ2v) is 5.31. The van der Waals surface area contributed by atoms with Gasteiger partial charge in [-0.15, -0.1) is 0 Å². The molecule has 2 amide bonds. The number of nitrogens with zero attached hydrogens (tertiary/aromatic N) is 2. The van der Waals surface area contributed by atoms with Crippen molar-refractivity contribution in [2.45, 2.75) is 13.0 Å². The summed E-state index contributed by atoms with van der Waals surface area (Å²) in [6, 6.07) is 6.19. The Morgan fingerprint density at radius 1 is 1.23 bits per heavy atom. The van der Waals surface area contributed by atoms with Crippen molar-refractivity contribution in [1.29, 1.82) is 0 Å². The minimum absolute atomic E-state index is 0.0557. The quantitative estimate of drug-likeness (QED) is 0.769. The summed E-state index contributed by atoms with van der Waals surface area (Å²) < 4.78 is 12.9. The fourth-order valence-corrected chi connectivity index (χ4v) is 2.28. The summed E-state index contributed by atoms with van der Waals surface area (Å²) in [6.45, 7) is 3.62. The number of anilines is 1. The van der Waals surface area contributed by atoms with Crippen molar-refractivity contribution in [3.63, 3.8) is 0 Å². The number of amides is 2. The van der Waals surface area contributed by atoms with Crippen molar-refractivity contribution in [3.05, 3.63) is 30.1 Å². The molecule has 1 aromatic rings. The Morgan fingerprint density at radius 2 is 1.82 bits per heavy atom. The molecular weight excluding hydrogens is 289 g/mol. The molecule has 1 heterocycles. The van der Waals surface area contributed by atoms with E-state index in [1.165, 1.54) is 24.0 Å². The van der Waals surface area contributed by atoms with Gasteiger partial charge in [0.25, 0.3) is 0 Å². The molecule has 7 heteroatoms. The average Bonchev–Trinajstić information content (AvgIpc) is 2.53. The molecule has 1 aliphatic rings. The number of rotatable bonds is 3. The lowest BCUT2D eigenvalue weighted by Gasteiger charge is -2.35. The molecule has 6 nitrogen and oxygen atoms in total. The molecule has 2 rings (SSSR count). The van der Waals surface area contributed by atoms with Crippen molar-refractivity contribution in [3.8, 4) is 0 Å². The van der Waals surface area contributed by atoms with E-state index in [9.17, 15) is 14.0 Å². The molecule has 0 aromatic heterocycles. The number of carbonyl (C=O) groups is 2. The third kappa shape index (κ3) is 4.17. The Kier molecular flexibility index (Phi) is 5.32. The van der Waals surface area contributed by atoms with E-state index in [0.29, 0.717) is 26.2 Å². The molecule has 1 saturated heterocycles. The normalized spacial score (nSPS) is 16.3. The van der Waals surface area contributed by atoms with Gasteiger partial charge in [0.2, 0.25) is 0 Å². The molecule has 0 saturated carbocycles. The van der Waals surface area contributed by atoms with E-state index in [1.807, 2.05) is 4.90 Å². The number of aliphatic hydroxyl groups is 1. The smallest absolute Gasteiger partial charge is 0.312 e. The van der Waals surface area contributed by atoms with Crippen LogP contribution in [0.1, 0.15) is 6.92 Å². The summed E-state index contributed by atoms with van der Waals surface area (Å²) in [5.74, 6) is -1.57. The molecule has 22 heavy (non-hydrogen) atoms. The number of nitrogens with one attached hydrogen (secondary N) is 1. The monoisotopic (exact) mass is 309 g/mol. The average molecular weight is 309 g/mol. The molecule has 0 spiro atoms. The molecule has 1 aliphatic heterocycles. The maximum absolute atomic E-state index is 12.9. The minimum atomic E-state index is -0.698. The number of hydrogen-bond acceptors (Lipinski definition) is 4. The van der Waals surface area contributed by atoms with Gasteiger partial charge in [0.05, 0.1) is 6.10 Å². The van der Waals surface area contributed by atoms with E-state index in [2.05, 4.69) is 5.32 Å². The highest BCUT2D eigenvalue weighted by atomic mass is 19.1. The van der Waals surface area contributed by atoms with Crippen LogP contribution in [0.4, 0.5) is 10.1 Å². The molecule has 1 fully saturated rings. The molecule has 0 radical (unpaired) electrons. The summed E-state index contributed by atoms with van der Waals surface area (Å²) in [4.78, 5) is 27.2. The van der Waals surface area contributed by atoms with Gasteiger partial charge in [0, 0.05) is 38.4 Å². The Morgan fingerprint density at radius 3 is 2.36 bits per heavy atom. The maximum Gasteiger partial charge on any atom is 0.312 e. The molecule has 120 valence electrons. The number of hydrogen-bond donors (Lipinski definition) is 2.